The molecule has 9 heavy (non-hydrogen) atoms. The molecular formula is C6H10BrClO. The van der Waals surface area contributed by atoms with Crippen LogP contribution in [0.5, 0.6) is 0 Å². The summed E-state index contributed by atoms with van der Waals surface area (Å²) >= 11 is 8.78. The van der Waals surface area contributed by atoms with Gasteiger partial charge in [0.2, 0.25) is 0 Å². The van der Waals surface area contributed by atoms with Crippen LogP contribution in [-0.4, -0.2) is 16.0 Å². The maximum atomic E-state index is 9.34. The lowest BCUT2D eigenvalue weighted by Crippen LogP contribution is -2.26. The summed E-state index contributed by atoms with van der Waals surface area (Å²) in [6.07, 6.45) is 1.68. The van der Waals surface area contributed by atoms with Crippen LogP contribution in [0.1, 0.15) is 13.8 Å². The Morgan fingerprint density at radius 3 is 2.44 bits per heavy atom. The topological polar surface area (TPSA) is 20.2 Å². The Kier molecular flexibility index (Phi) is 3.78. The summed E-state index contributed by atoms with van der Waals surface area (Å²) in [5.41, 5.74) is -0.906. The van der Waals surface area contributed by atoms with Gasteiger partial charge in [-0.05, 0) is 13.8 Å². The maximum absolute atomic E-state index is 9.34. The average molecular weight is 214 g/mol. The lowest BCUT2D eigenvalue weighted by atomic mass is 10.1. The number of hydrogen-bond donors (Lipinski definition) is 1. The summed E-state index contributed by atoms with van der Waals surface area (Å²) in [7, 11) is 0. The highest BCUT2D eigenvalue weighted by molar-refractivity contribution is 9.09. The van der Waals surface area contributed by atoms with Crippen LogP contribution in [0.4, 0.5) is 0 Å². The normalized spacial score (nSPS) is 19.4. The fourth-order valence-corrected chi connectivity index (χ4v) is 0.905. The molecule has 0 saturated heterocycles. The first kappa shape index (κ1) is 9.47. The van der Waals surface area contributed by atoms with E-state index in [9.17, 15) is 5.11 Å². The summed E-state index contributed by atoms with van der Waals surface area (Å²) < 4.78 is 0. The molecule has 54 valence electrons. The van der Waals surface area contributed by atoms with E-state index in [0.29, 0.717) is 10.4 Å². The van der Waals surface area contributed by atoms with Crippen molar-refractivity contribution < 1.29 is 5.11 Å². The molecule has 0 unspecified atom stereocenters. The molecule has 1 nitrogen and oxygen atoms in total. The molecule has 0 aliphatic carbocycles. The van der Waals surface area contributed by atoms with Crippen molar-refractivity contribution in [3.8, 4) is 0 Å². The van der Waals surface area contributed by atoms with Gasteiger partial charge in [0.05, 0.1) is 0 Å². The molecule has 0 aromatic heterocycles. The summed E-state index contributed by atoms with van der Waals surface area (Å²) in [5.74, 6) is 0. The van der Waals surface area contributed by atoms with E-state index in [0.717, 1.165) is 0 Å². The van der Waals surface area contributed by atoms with Gasteiger partial charge in [0.25, 0.3) is 0 Å². The van der Waals surface area contributed by atoms with Gasteiger partial charge < -0.3 is 5.11 Å². The van der Waals surface area contributed by atoms with Crippen molar-refractivity contribution in [1.82, 2.24) is 0 Å². The van der Waals surface area contributed by atoms with Crippen molar-refractivity contribution in [3.05, 3.63) is 11.1 Å². The Hall–Kier alpha value is 0.470. The van der Waals surface area contributed by atoms with Crippen LogP contribution in [0.2, 0.25) is 0 Å². The van der Waals surface area contributed by atoms with Crippen LogP contribution in [0.15, 0.2) is 11.1 Å². The molecule has 1 N–H and O–H groups in total. The Morgan fingerprint density at radius 2 is 2.33 bits per heavy atom. The zero-order chi connectivity index (χ0) is 7.49. The smallest absolute Gasteiger partial charge is 0.107 e. The van der Waals surface area contributed by atoms with Crippen LogP contribution in [0.25, 0.3) is 0 Å². The molecular weight excluding hydrogens is 203 g/mol. The lowest BCUT2D eigenvalue weighted by molar-refractivity contribution is 0.134. The fraction of sp³-hybridized carbons (Fsp3) is 0.667. The van der Waals surface area contributed by atoms with Gasteiger partial charge in [-0.25, -0.2) is 0 Å². The highest BCUT2D eigenvalue weighted by Gasteiger charge is 2.21. The van der Waals surface area contributed by atoms with E-state index < -0.39 is 5.60 Å². The zero-order valence-corrected chi connectivity index (χ0v) is 7.83. The van der Waals surface area contributed by atoms with E-state index in [-0.39, 0.29) is 0 Å². The van der Waals surface area contributed by atoms with Gasteiger partial charge >= 0.3 is 0 Å². The second-order valence-corrected chi connectivity index (χ2v) is 3.01. The van der Waals surface area contributed by atoms with Gasteiger partial charge in [-0.15, -0.1) is 0 Å². The van der Waals surface area contributed by atoms with Gasteiger partial charge in [-0.1, -0.05) is 33.6 Å². The number of aliphatic hydroxyl groups is 1. The molecule has 0 radical (unpaired) electrons. The minimum atomic E-state index is -0.906. The minimum absolute atomic E-state index is 0.461. The molecule has 0 bridgehead atoms. The van der Waals surface area contributed by atoms with Crippen molar-refractivity contribution in [2.75, 3.05) is 5.33 Å². The molecule has 0 saturated carbocycles. The van der Waals surface area contributed by atoms with Gasteiger partial charge in [-0.2, -0.15) is 0 Å². The van der Waals surface area contributed by atoms with Crippen LogP contribution in [0.3, 0.4) is 0 Å². The predicted molar refractivity (Wildman–Crippen MR) is 44.0 cm³/mol. The summed E-state index contributed by atoms with van der Waals surface area (Å²) in [6.45, 7) is 3.45. The second kappa shape index (κ2) is 3.59. The van der Waals surface area contributed by atoms with Gasteiger partial charge in [0.15, 0.2) is 0 Å². The van der Waals surface area contributed by atoms with Crippen molar-refractivity contribution in [3.63, 3.8) is 0 Å². The quantitative estimate of drug-likeness (QED) is 0.698. The van der Waals surface area contributed by atoms with Gasteiger partial charge in [0.1, 0.15) is 5.60 Å². The van der Waals surface area contributed by atoms with E-state index in [1.807, 2.05) is 0 Å². The van der Waals surface area contributed by atoms with Crippen molar-refractivity contribution in [1.29, 1.82) is 0 Å². The molecule has 0 aliphatic rings. The van der Waals surface area contributed by atoms with E-state index in [4.69, 9.17) is 11.6 Å². The van der Waals surface area contributed by atoms with E-state index in [2.05, 4.69) is 15.9 Å². The molecule has 0 heterocycles. The molecule has 0 aromatic rings. The summed E-state index contributed by atoms with van der Waals surface area (Å²) in [6, 6.07) is 0. The Labute approximate surface area is 68.8 Å². The molecule has 0 aromatic carbocycles. The number of rotatable bonds is 2. The first-order chi connectivity index (χ1) is 4.04. The highest BCUT2D eigenvalue weighted by atomic mass is 79.9. The fourth-order valence-electron chi connectivity index (χ4n) is 0.375. The van der Waals surface area contributed by atoms with Crippen molar-refractivity contribution in [2.24, 2.45) is 0 Å². The molecule has 1 atom stereocenters. The third-order valence-corrected chi connectivity index (χ3v) is 2.75. The van der Waals surface area contributed by atoms with E-state index in [1.54, 1.807) is 19.9 Å². The van der Waals surface area contributed by atoms with Gasteiger partial charge in [0, 0.05) is 10.4 Å². The standard InChI is InChI=1S/C6H10BrClO/c1-3-5(8)6(2,9)4-7/h3,9H,4H2,1-2H3/t6-/m0/s1. The van der Waals surface area contributed by atoms with Crippen LogP contribution >= 0.6 is 27.5 Å². The first-order valence-electron chi connectivity index (χ1n) is 2.65. The third-order valence-electron chi connectivity index (χ3n) is 1.03. The van der Waals surface area contributed by atoms with Gasteiger partial charge in [-0.3, -0.25) is 0 Å². The Bertz CT molecular complexity index is 120. The zero-order valence-electron chi connectivity index (χ0n) is 5.49. The largest absolute Gasteiger partial charge is 0.384 e. The molecule has 0 aliphatic heterocycles. The van der Waals surface area contributed by atoms with E-state index >= 15 is 0 Å². The van der Waals surface area contributed by atoms with Crippen molar-refractivity contribution >= 4 is 27.5 Å². The van der Waals surface area contributed by atoms with Crippen LogP contribution < -0.4 is 0 Å². The highest BCUT2D eigenvalue weighted by Crippen LogP contribution is 2.21. The molecule has 3 heteroatoms. The Morgan fingerprint density at radius 1 is 1.89 bits per heavy atom. The number of alkyl halides is 1. The predicted octanol–water partition coefficient (Wildman–Crippen LogP) is 2.27. The molecule has 0 fully saturated rings. The molecule has 0 amide bonds. The summed E-state index contributed by atoms with van der Waals surface area (Å²) in [4.78, 5) is 0. The molecule has 0 spiro atoms. The minimum Gasteiger partial charge on any atom is -0.384 e. The number of allylic oxidation sites excluding steroid dienone is 1. The second-order valence-electron chi connectivity index (χ2n) is 2.04. The van der Waals surface area contributed by atoms with Crippen LogP contribution in [0, 0.1) is 0 Å². The monoisotopic (exact) mass is 212 g/mol. The number of hydrogen-bond acceptors (Lipinski definition) is 1. The SMILES string of the molecule is CC=C(Cl)[C@@](C)(O)CBr. The van der Waals surface area contributed by atoms with Crippen LogP contribution in [-0.2, 0) is 0 Å². The van der Waals surface area contributed by atoms with E-state index in [1.165, 1.54) is 0 Å². The average Bonchev–Trinajstić information content (AvgIpc) is 1.86. The third kappa shape index (κ3) is 2.70. The van der Waals surface area contributed by atoms with Crippen molar-refractivity contribution in [2.45, 2.75) is 19.4 Å². The maximum Gasteiger partial charge on any atom is 0.107 e. The summed E-state index contributed by atoms with van der Waals surface area (Å²) in [5, 5.41) is 10.3. The lowest BCUT2D eigenvalue weighted by Gasteiger charge is -2.18. The first-order valence-corrected chi connectivity index (χ1v) is 4.15. The molecule has 0 rings (SSSR count). The Balaban J connectivity index is 4.14. The number of halogens is 2.